The Hall–Kier alpha value is -1.04. The number of rotatable bonds is 4. The van der Waals surface area contributed by atoms with Crippen LogP contribution in [0.4, 0.5) is 0 Å². The minimum Gasteiger partial charge on any atom is -0.356 e. The van der Waals surface area contributed by atoms with Gasteiger partial charge in [-0.15, -0.1) is 0 Å². The second kappa shape index (κ2) is 5.72. The van der Waals surface area contributed by atoms with Gasteiger partial charge >= 0.3 is 0 Å². The van der Waals surface area contributed by atoms with E-state index < -0.39 is 0 Å². The summed E-state index contributed by atoms with van der Waals surface area (Å²) in [4.78, 5) is 10.9. The summed E-state index contributed by atoms with van der Waals surface area (Å²) in [6.07, 6.45) is 1.26. The van der Waals surface area contributed by atoms with E-state index in [4.69, 9.17) is 5.26 Å². The monoisotopic (exact) mass is 154 g/mol. The standard InChI is InChI=1S/C8H14N2O/c1-7(2)8(11)10-6-4-3-5-9/h7H,3-4,6H2,1-2H3,(H,10,11). The summed E-state index contributed by atoms with van der Waals surface area (Å²) in [7, 11) is 0. The Balaban J connectivity index is 3.26. The van der Waals surface area contributed by atoms with Gasteiger partial charge in [-0.25, -0.2) is 0 Å². The molecule has 0 saturated heterocycles. The highest BCUT2D eigenvalue weighted by atomic mass is 16.1. The van der Waals surface area contributed by atoms with Crippen molar-refractivity contribution in [1.82, 2.24) is 5.32 Å². The second-order valence-corrected chi connectivity index (χ2v) is 2.71. The fourth-order valence-corrected chi connectivity index (χ4v) is 0.583. The number of nitrogens with one attached hydrogen (secondary N) is 1. The van der Waals surface area contributed by atoms with Crippen molar-refractivity contribution >= 4 is 5.91 Å². The van der Waals surface area contributed by atoms with Gasteiger partial charge in [0.2, 0.25) is 5.91 Å². The van der Waals surface area contributed by atoms with E-state index in [0.29, 0.717) is 13.0 Å². The number of carbonyl (C=O) groups excluding carboxylic acids is 1. The molecule has 0 bridgehead atoms. The zero-order chi connectivity index (χ0) is 8.69. The van der Waals surface area contributed by atoms with Crippen LogP contribution in [0.2, 0.25) is 0 Å². The van der Waals surface area contributed by atoms with Crippen LogP contribution in [0.1, 0.15) is 26.7 Å². The highest BCUT2D eigenvalue weighted by Crippen LogP contribution is 1.91. The molecular formula is C8H14N2O. The molecule has 3 heteroatoms. The molecule has 0 aliphatic carbocycles. The second-order valence-electron chi connectivity index (χ2n) is 2.71. The van der Waals surface area contributed by atoms with E-state index >= 15 is 0 Å². The third kappa shape index (κ3) is 5.41. The third-order valence-electron chi connectivity index (χ3n) is 1.29. The minimum atomic E-state index is 0.0390. The van der Waals surface area contributed by atoms with Gasteiger partial charge in [0.25, 0.3) is 0 Å². The quantitative estimate of drug-likeness (QED) is 0.615. The molecule has 1 amide bonds. The van der Waals surface area contributed by atoms with E-state index in [2.05, 4.69) is 5.32 Å². The Morgan fingerprint density at radius 2 is 2.27 bits per heavy atom. The number of amides is 1. The molecule has 0 radical (unpaired) electrons. The molecule has 0 unspecified atom stereocenters. The van der Waals surface area contributed by atoms with E-state index in [0.717, 1.165) is 6.42 Å². The molecule has 62 valence electrons. The molecule has 0 heterocycles. The molecule has 0 saturated carbocycles. The third-order valence-corrected chi connectivity index (χ3v) is 1.29. The molecular weight excluding hydrogens is 140 g/mol. The lowest BCUT2D eigenvalue weighted by Gasteiger charge is -2.05. The molecule has 0 aliphatic heterocycles. The topological polar surface area (TPSA) is 52.9 Å². The van der Waals surface area contributed by atoms with E-state index in [1.165, 1.54) is 0 Å². The van der Waals surface area contributed by atoms with Gasteiger partial charge in [-0.3, -0.25) is 4.79 Å². The van der Waals surface area contributed by atoms with Gasteiger partial charge in [0.05, 0.1) is 6.07 Å². The minimum absolute atomic E-state index is 0.0390. The maximum Gasteiger partial charge on any atom is 0.222 e. The van der Waals surface area contributed by atoms with E-state index in [1.54, 1.807) is 0 Å². The molecule has 0 aliphatic rings. The summed E-state index contributed by atoms with van der Waals surface area (Å²) in [5.41, 5.74) is 0. The summed E-state index contributed by atoms with van der Waals surface area (Å²) in [5, 5.41) is 10.9. The van der Waals surface area contributed by atoms with Crippen LogP contribution in [0.25, 0.3) is 0 Å². The first-order chi connectivity index (χ1) is 5.18. The number of nitrogens with zero attached hydrogens (tertiary/aromatic N) is 1. The van der Waals surface area contributed by atoms with Crippen LogP contribution in [-0.4, -0.2) is 12.5 Å². The molecule has 0 aromatic heterocycles. The maximum atomic E-state index is 10.9. The number of carbonyl (C=O) groups is 1. The van der Waals surface area contributed by atoms with Gasteiger partial charge in [0.1, 0.15) is 0 Å². The van der Waals surface area contributed by atoms with Crippen molar-refractivity contribution in [1.29, 1.82) is 5.26 Å². The number of hydrogen-bond acceptors (Lipinski definition) is 2. The normalized spacial score (nSPS) is 9.27. The maximum absolute atomic E-state index is 10.9. The number of hydrogen-bond donors (Lipinski definition) is 1. The first-order valence-electron chi connectivity index (χ1n) is 3.83. The van der Waals surface area contributed by atoms with Crippen molar-refractivity contribution in [3.63, 3.8) is 0 Å². The molecule has 0 atom stereocenters. The van der Waals surface area contributed by atoms with Crippen molar-refractivity contribution in [2.24, 2.45) is 5.92 Å². The predicted molar refractivity (Wildman–Crippen MR) is 42.7 cm³/mol. The fraction of sp³-hybridized carbons (Fsp3) is 0.750. The van der Waals surface area contributed by atoms with Crippen LogP contribution >= 0.6 is 0 Å². The van der Waals surface area contributed by atoms with Gasteiger partial charge in [-0.05, 0) is 6.42 Å². The van der Waals surface area contributed by atoms with E-state index in [9.17, 15) is 4.79 Å². The summed E-state index contributed by atoms with van der Waals surface area (Å²) in [6.45, 7) is 4.31. The van der Waals surface area contributed by atoms with Gasteiger partial charge in [-0.2, -0.15) is 5.26 Å². The average molecular weight is 154 g/mol. The van der Waals surface area contributed by atoms with E-state index in [1.807, 2.05) is 19.9 Å². The summed E-state index contributed by atoms with van der Waals surface area (Å²) in [5.74, 6) is 0.0972. The number of unbranched alkanes of at least 4 members (excludes halogenated alkanes) is 1. The molecule has 11 heavy (non-hydrogen) atoms. The van der Waals surface area contributed by atoms with Crippen molar-refractivity contribution < 1.29 is 4.79 Å². The van der Waals surface area contributed by atoms with Crippen molar-refractivity contribution in [2.75, 3.05) is 6.54 Å². The fourth-order valence-electron chi connectivity index (χ4n) is 0.583. The Morgan fingerprint density at radius 3 is 2.73 bits per heavy atom. The molecule has 3 nitrogen and oxygen atoms in total. The van der Waals surface area contributed by atoms with Crippen LogP contribution in [0, 0.1) is 17.2 Å². The summed E-state index contributed by atoms with van der Waals surface area (Å²) in [6, 6.07) is 2.02. The van der Waals surface area contributed by atoms with Crippen LogP contribution in [0.3, 0.4) is 0 Å². The lowest BCUT2D eigenvalue weighted by molar-refractivity contribution is -0.123. The Labute approximate surface area is 67.4 Å². The average Bonchev–Trinajstić information content (AvgIpc) is 1.97. The van der Waals surface area contributed by atoms with Crippen molar-refractivity contribution in [3.8, 4) is 6.07 Å². The smallest absolute Gasteiger partial charge is 0.222 e. The molecule has 0 fully saturated rings. The van der Waals surface area contributed by atoms with Gasteiger partial charge in [-0.1, -0.05) is 13.8 Å². The Morgan fingerprint density at radius 1 is 1.64 bits per heavy atom. The van der Waals surface area contributed by atoms with Gasteiger partial charge in [0.15, 0.2) is 0 Å². The first-order valence-corrected chi connectivity index (χ1v) is 3.83. The molecule has 0 spiro atoms. The largest absolute Gasteiger partial charge is 0.356 e. The summed E-state index contributed by atoms with van der Waals surface area (Å²) < 4.78 is 0. The Bertz CT molecular complexity index is 158. The van der Waals surface area contributed by atoms with Crippen molar-refractivity contribution in [3.05, 3.63) is 0 Å². The predicted octanol–water partition coefficient (Wildman–Crippen LogP) is 1.06. The first kappa shape index (κ1) is 9.96. The zero-order valence-electron chi connectivity index (χ0n) is 7.05. The summed E-state index contributed by atoms with van der Waals surface area (Å²) >= 11 is 0. The van der Waals surface area contributed by atoms with Gasteiger partial charge in [0, 0.05) is 18.9 Å². The highest BCUT2D eigenvalue weighted by molar-refractivity contribution is 5.77. The van der Waals surface area contributed by atoms with Crippen LogP contribution < -0.4 is 5.32 Å². The lowest BCUT2D eigenvalue weighted by atomic mass is 10.2. The van der Waals surface area contributed by atoms with Crippen LogP contribution in [0.5, 0.6) is 0 Å². The highest BCUT2D eigenvalue weighted by Gasteiger charge is 2.03. The lowest BCUT2D eigenvalue weighted by Crippen LogP contribution is -2.28. The van der Waals surface area contributed by atoms with Crippen molar-refractivity contribution in [2.45, 2.75) is 26.7 Å². The van der Waals surface area contributed by atoms with E-state index in [-0.39, 0.29) is 11.8 Å². The number of nitriles is 1. The molecule has 0 aromatic carbocycles. The SMILES string of the molecule is CC(C)C(=O)NCCCC#N. The molecule has 1 N–H and O–H groups in total. The molecule has 0 rings (SSSR count). The van der Waals surface area contributed by atoms with Gasteiger partial charge < -0.3 is 5.32 Å². The molecule has 0 aromatic rings. The van der Waals surface area contributed by atoms with Crippen LogP contribution in [0.15, 0.2) is 0 Å². The zero-order valence-corrected chi connectivity index (χ0v) is 7.05. The van der Waals surface area contributed by atoms with Crippen LogP contribution in [-0.2, 0) is 4.79 Å². The Kier molecular flexibility index (Phi) is 5.18.